The van der Waals surface area contributed by atoms with Gasteiger partial charge < -0.3 is 11.1 Å². The number of guanidine groups is 2. The molecule has 6 N–H and O–H groups in total. The molecule has 0 atom stereocenters. The lowest BCUT2D eigenvalue weighted by Crippen LogP contribution is -2.39. The van der Waals surface area contributed by atoms with Gasteiger partial charge in [-0.3, -0.25) is 16.1 Å². The van der Waals surface area contributed by atoms with Crippen LogP contribution in [0.1, 0.15) is 5.56 Å². The number of benzene rings is 1. The number of hydrogen-bond acceptors (Lipinski definition) is 2. The molecule has 0 radical (unpaired) electrons. The van der Waals surface area contributed by atoms with Crippen molar-refractivity contribution < 1.29 is 0 Å². The van der Waals surface area contributed by atoms with E-state index < -0.39 is 0 Å². The highest BCUT2D eigenvalue weighted by Gasteiger charge is 2.03. The molecule has 84 valence electrons. The average Bonchev–Trinajstić information content (AvgIpc) is 2.19. The Morgan fingerprint density at radius 1 is 1.44 bits per heavy atom. The van der Waals surface area contributed by atoms with Crippen LogP contribution in [0.15, 0.2) is 24.8 Å². The van der Waals surface area contributed by atoms with Gasteiger partial charge in [-0.15, -0.1) is 0 Å². The van der Waals surface area contributed by atoms with Gasteiger partial charge in [0.1, 0.15) is 0 Å². The standard InChI is InChI=1S/C10H12ClN5/c1-2-6-3-4-8(7(11)5-6)15-10(14)16-9(12)13/h2-5H,1H2,(H6,12,13,14,15,16). The molecular weight excluding hydrogens is 226 g/mol. The highest BCUT2D eigenvalue weighted by atomic mass is 35.5. The third-order valence-electron chi connectivity index (χ3n) is 1.75. The van der Waals surface area contributed by atoms with Gasteiger partial charge in [0.2, 0.25) is 0 Å². The molecule has 0 bridgehead atoms. The maximum Gasteiger partial charge on any atom is 0.199 e. The molecule has 0 heterocycles. The van der Waals surface area contributed by atoms with Gasteiger partial charge in [-0.05, 0) is 17.7 Å². The first-order valence-corrected chi connectivity index (χ1v) is 4.79. The van der Waals surface area contributed by atoms with Gasteiger partial charge in [-0.25, -0.2) is 0 Å². The van der Waals surface area contributed by atoms with Crippen LogP contribution in [-0.2, 0) is 0 Å². The molecule has 5 nitrogen and oxygen atoms in total. The van der Waals surface area contributed by atoms with E-state index >= 15 is 0 Å². The van der Waals surface area contributed by atoms with Gasteiger partial charge in [0.25, 0.3) is 0 Å². The van der Waals surface area contributed by atoms with Crippen LogP contribution in [-0.4, -0.2) is 11.9 Å². The Kier molecular flexibility index (Phi) is 3.90. The smallest absolute Gasteiger partial charge is 0.199 e. The molecule has 0 aliphatic rings. The Bertz CT molecular complexity index is 441. The fourth-order valence-corrected chi connectivity index (χ4v) is 1.30. The Morgan fingerprint density at radius 3 is 2.62 bits per heavy atom. The summed E-state index contributed by atoms with van der Waals surface area (Å²) < 4.78 is 0. The van der Waals surface area contributed by atoms with Gasteiger partial charge in [-0.1, -0.05) is 30.3 Å². The molecule has 0 saturated carbocycles. The van der Waals surface area contributed by atoms with Crippen molar-refractivity contribution in [3.63, 3.8) is 0 Å². The minimum atomic E-state index is -0.309. The summed E-state index contributed by atoms with van der Waals surface area (Å²) in [5.41, 5.74) is 6.53. The van der Waals surface area contributed by atoms with Crippen LogP contribution in [0.25, 0.3) is 6.08 Å². The summed E-state index contributed by atoms with van der Waals surface area (Å²) in [4.78, 5) is 0. The summed E-state index contributed by atoms with van der Waals surface area (Å²) in [7, 11) is 0. The molecular formula is C10H12ClN5. The largest absolute Gasteiger partial charge is 0.370 e. The number of rotatable bonds is 2. The summed E-state index contributed by atoms with van der Waals surface area (Å²) in [5, 5.41) is 19.8. The first-order valence-electron chi connectivity index (χ1n) is 4.41. The van der Waals surface area contributed by atoms with E-state index in [2.05, 4.69) is 17.2 Å². The molecule has 16 heavy (non-hydrogen) atoms. The van der Waals surface area contributed by atoms with Crippen molar-refractivity contribution in [2.75, 3.05) is 5.32 Å². The normalized spacial score (nSPS) is 9.31. The minimum Gasteiger partial charge on any atom is -0.370 e. The number of hydrogen-bond donors (Lipinski definition) is 5. The lowest BCUT2D eigenvalue weighted by molar-refractivity contribution is 1.20. The van der Waals surface area contributed by atoms with Crippen molar-refractivity contribution in [3.05, 3.63) is 35.4 Å². The summed E-state index contributed by atoms with van der Waals surface area (Å²) in [6.45, 7) is 3.62. The van der Waals surface area contributed by atoms with Gasteiger partial charge in [0.15, 0.2) is 11.9 Å². The third kappa shape index (κ3) is 3.29. The Morgan fingerprint density at radius 2 is 2.12 bits per heavy atom. The Labute approximate surface area is 98.3 Å². The first kappa shape index (κ1) is 12.1. The molecule has 0 unspecified atom stereocenters. The van der Waals surface area contributed by atoms with E-state index in [4.69, 9.17) is 28.2 Å². The van der Waals surface area contributed by atoms with Crippen molar-refractivity contribution in [2.24, 2.45) is 5.73 Å². The molecule has 0 aliphatic carbocycles. The van der Waals surface area contributed by atoms with Crippen molar-refractivity contribution in [1.29, 1.82) is 10.8 Å². The fraction of sp³-hybridized carbons (Fsp3) is 0. The van der Waals surface area contributed by atoms with E-state index in [-0.39, 0.29) is 11.9 Å². The molecule has 6 heteroatoms. The molecule has 1 aromatic carbocycles. The Hall–Kier alpha value is -2.01. The van der Waals surface area contributed by atoms with E-state index in [1.807, 2.05) is 6.07 Å². The minimum absolute atomic E-state index is 0.110. The molecule has 0 aliphatic heterocycles. The van der Waals surface area contributed by atoms with Gasteiger partial charge >= 0.3 is 0 Å². The second-order valence-corrected chi connectivity index (χ2v) is 3.39. The molecule has 0 fully saturated rings. The molecule has 1 aromatic rings. The van der Waals surface area contributed by atoms with Crippen LogP contribution in [0, 0.1) is 10.8 Å². The van der Waals surface area contributed by atoms with Crippen LogP contribution >= 0.6 is 11.6 Å². The van der Waals surface area contributed by atoms with E-state index in [0.29, 0.717) is 10.7 Å². The average molecular weight is 238 g/mol. The van der Waals surface area contributed by atoms with Crippen molar-refractivity contribution in [1.82, 2.24) is 5.32 Å². The van der Waals surface area contributed by atoms with E-state index in [0.717, 1.165) is 5.56 Å². The SMILES string of the molecule is C=Cc1ccc(NC(=N)NC(=N)N)c(Cl)c1. The monoisotopic (exact) mass is 237 g/mol. The quantitative estimate of drug-likeness (QED) is 0.401. The molecule has 0 spiro atoms. The lowest BCUT2D eigenvalue weighted by Gasteiger charge is -2.10. The second-order valence-electron chi connectivity index (χ2n) is 2.98. The Balaban J connectivity index is 2.78. The van der Waals surface area contributed by atoms with E-state index in [9.17, 15) is 0 Å². The fourth-order valence-electron chi connectivity index (χ4n) is 1.06. The van der Waals surface area contributed by atoms with Crippen LogP contribution in [0.2, 0.25) is 5.02 Å². The highest BCUT2D eigenvalue weighted by molar-refractivity contribution is 6.34. The summed E-state index contributed by atoms with van der Waals surface area (Å²) in [6.07, 6.45) is 1.68. The zero-order valence-electron chi connectivity index (χ0n) is 8.47. The van der Waals surface area contributed by atoms with Crippen LogP contribution < -0.4 is 16.4 Å². The zero-order valence-corrected chi connectivity index (χ0v) is 9.23. The van der Waals surface area contributed by atoms with Gasteiger partial charge in [0, 0.05) is 0 Å². The molecule has 0 aromatic heterocycles. The van der Waals surface area contributed by atoms with E-state index in [1.165, 1.54) is 0 Å². The maximum atomic E-state index is 7.43. The first-order chi connectivity index (χ1) is 7.52. The lowest BCUT2D eigenvalue weighted by atomic mass is 10.2. The predicted octanol–water partition coefficient (Wildman–Crippen LogP) is 1.81. The predicted molar refractivity (Wildman–Crippen MR) is 67.9 cm³/mol. The summed E-state index contributed by atoms with van der Waals surface area (Å²) in [5.74, 6) is -0.419. The number of nitrogens with two attached hydrogens (primary N) is 1. The number of nitrogens with one attached hydrogen (secondary N) is 4. The van der Waals surface area contributed by atoms with Crippen LogP contribution in [0.3, 0.4) is 0 Å². The molecule has 0 saturated heterocycles. The summed E-state index contributed by atoms with van der Waals surface area (Å²) in [6, 6.07) is 5.25. The van der Waals surface area contributed by atoms with Crippen LogP contribution in [0.5, 0.6) is 0 Å². The molecule has 1 rings (SSSR count). The van der Waals surface area contributed by atoms with Crippen LogP contribution in [0.4, 0.5) is 5.69 Å². The number of halogens is 1. The highest BCUT2D eigenvalue weighted by Crippen LogP contribution is 2.23. The summed E-state index contributed by atoms with van der Waals surface area (Å²) >= 11 is 5.97. The topological polar surface area (TPSA) is 97.8 Å². The molecule has 0 amide bonds. The van der Waals surface area contributed by atoms with Gasteiger partial charge in [0.05, 0.1) is 10.7 Å². The van der Waals surface area contributed by atoms with E-state index in [1.54, 1.807) is 18.2 Å². The van der Waals surface area contributed by atoms with Gasteiger partial charge in [-0.2, -0.15) is 0 Å². The maximum absolute atomic E-state index is 7.43. The number of anilines is 1. The third-order valence-corrected chi connectivity index (χ3v) is 2.06. The van der Waals surface area contributed by atoms with Crippen molar-refractivity contribution in [3.8, 4) is 0 Å². The zero-order chi connectivity index (χ0) is 12.1. The van der Waals surface area contributed by atoms with Crippen molar-refractivity contribution in [2.45, 2.75) is 0 Å². The van der Waals surface area contributed by atoms with Crippen molar-refractivity contribution >= 4 is 35.3 Å². The second kappa shape index (κ2) is 5.18.